The zero-order valence-corrected chi connectivity index (χ0v) is 17.8. The number of hydrazine groups is 1. The van der Waals surface area contributed by atoms with Gasteiger partial charge in [0, 0.05) is 30.9 Å². The van der Waals surface area contributed by atoms with Crippen LogP contribution in [-0.4, -0.2) is 45.9 Å². The van der Waals surface area contributed by atoms with Gasteiger partial charge in [0.05, 0.1) is 17.5 Å². The summed E-state index contributed by atoms with van der Waals surface area (Å²) < 4.78 is 7.17. The highest BCUT2D eigenvalue weighted by molar-refractivity contribution is 6.32. The van der Waals surface area contributed by atoms with Crippen LogP contribution < -0.4 is 21.5 Å². The van der Waals surface area contributed by atoms with E-state index in [1.165, 1.54) is 6.08 Å². The fourth-order valence-corrected chi connectivity index (χ4v) is 4.32. The normalized spacial score (nSPS) is 16.9. The van der Waals surface area contributed by atoms with Gasteiger partial charge < -0.3 is 15.0 Å². The van der Waals surface area contributed by atoms with Crippen molar-refractivity contribution in [2.24, 2.45) is 0 Å². The lowest BCUT2D eigenvalue weighted by Gasteiger charge is -2.33. The van der Waals surface area contributed by atoms with Crippen LogP contribution in [0.15, 0.2) is 41.8 Å². The Balaban J connectivity index is 1.83. The van der Waals surface area contributed by atoms with Crippen molar-refractivity contribution in [1.82, 2.24) is 25.2 Å². The van der Waals surface area contributed by atoms with Crippen molar-refractivity contribution in [1.29, 1.82) is 0 Å². The van der Waals surface area contributed by atoms with Crippen LogP contribution in [0.2, 0.25) is 5.02 Å². The number of anilines is 1. The molecular weight excluding hydrogens is 420 g/mol. The summed E-state index contributed by atoms with van der Waals surface area (Å²) in [5, 5.41) is 9.30. The van der Waals surface area contributed by atoms with Crippen molar-refractivity contribution in [3.8, 4) is 16.9 Å². The van der Waals surface area contributed by atoms with E-state index in [1.807, 2.05) is 21.8 Å². The van der Waals surface area contributed by atoms with Crippen molar-refractivity contribution in [2.75, 3.05) is 25.9 Å². The number of nitrogen functional groups attached to an aromatic ring is 1. The second-order valence-electron chi connectivity index (χ2n) is 7.38. The molecule has 31 heavy (non-hydrogen) atoms. The minimum Gasteiger partial charge on any atom is -0.495 e. The van der Waals surface area contributed by atoms with Gasteiger partial charge in [-0.1, -0.05) is 24.2 Å². The Bertz CT molecular complexity index is 1220. The lowest BCUT2D eigenvalue weighted by molar-refractivity contribution is -0.121. The number of halogens is 1. The zero-order valence-electron chi connectivity index (χ0n) is 17.0. The smallest absolute Gasteiger partial charge is 0.288 e. The number of rotatable bonds is 5. The number of nitrogens with one attached hydrogen (secondary N) is 2. The molecule has 4 rings (SSSR count). The number of aromatic nitrogens is 3. The number of ether oxygens (including phenoxy) is 1. The molecule has 1 aliphatic heterocycles. The van der Waals surface area contributed by atoms with E-state index in [9.17, 15) is 9.59 Å². The van der Waals surface area contributed by atoms with Gasteiger partial charge in [0.15, 0.2) is 5.82 Å². The molecule has 9 nitrogen and oxygen atoms in total. The van der Waals surface area contributed by atoms with Gasteiger partial charge in [-0.2, -0.15) is 5.10 Å². The molecule has 0 saturated carbocycles. The minimum absolute atomic E-state index is 0.0493. The summed E-state index contributed by atoms with van der Waals surface area (Å²) in [5.74, 6) is 0.514. The first kappa shape index (κ1) is 21.0. The second kappa shape index (κ2) is 8.44. The Morgan fingerprint density at radius 2 is 2.29 bits per heavy atom. The minimum atomic E-state index is -0.331. The summed E-state index contributed by atoms with van der Waals surface area (Å²) in [7, 11) is 1.55. The highest BCUT2D eigenvalue weighted by Gasteiger charge is 2.26. The number of hydrogen-bond acceptors (Lipinski definition) is 6. The number of piperidine rings is 1. The molecule has 4 N–H and O–H groups in total. The molecule has 1 saturated heterocycles. The molecule has 1 atom stereocenters. The summed E-state index contributed by atoms with van der Waals surface area (Å²) in [4.78, 5) is 24.5. The van der Waals surface area contributed by atoms with E-state index >= 15 is 0 Å². The maximum Gasteiger partial charge on any atom is 0.288 e. The molecule has 3 aromatic rings. The average Bonchev–Trinajstić information content (AvgIpc) is 3.18. The van der Waals surface area contributed by atoms with Crippen LogP contribution in [-0.2, 0) is 4.79 Å². The number of H-pyrrole nitrogens is 1. The molecule has 0 aliphatic carbocycles. The number of carbonyl (C=O) groups is 1. The third kappa shape index (κ3) is 3.89. The van der Waals surface area contributed by atoms with Crippen molar-refractivity contribution < 1.29 is 9.53 Å². The van der Waals surface area contributed by atoms with E-state index < -0.39 is 0 Å². The number of fused-ring (bicyclic) bond motifs is 1. The zero-order chi connectivity index (χ0) is 22.1. The average molecular weight is 443 g/mol. The van der Waals surface area contributed by atoms with Crippen LogP contribution in [0, 0.1) is 0 Å². The molecule has 10 heteroatoms. The van der Waals surface area contributed by atoms with Crippen LogP contribution in [0.3, 0.4) is 0 Å². The fourth-order valence-electron chi connectivity index (χ4n) is 4.06. The lowest BCUT2D eigenvalue weighted by Crippen LogP contribution is -2.47. The number of aromatic amines is 1. The molecule has 0 spiro atoms. The van der Waals surface area contributed by atoms with Gasteiger partial charge in [0.2, 0.25) is 0 Å². The summed E-state index contributed by atoms with van der Waals surface area (Å²) >= 11 is 6.34. The van der Waals surface area contributed by atoms with Crippen molar-refractivity contribution in [3.63, 3.8) is 0 Å². The molecule has 1 aromatic carbocycles. The lowest BCUT2D eigenvalue weighted by atomic mass is 10.1. The summed E-state index contributed by atoms with van der Waals surface area (Å²) in [6.07, 6.45) is 4.83. The third-order valence-electron chi connectivity index (χ3n) is 5.49. The first-order chi connectivity index (χ1) is 14.9. The Labute approximate surface area is 183 Å². The fraction of sp³-hybridized carbons (Fsp3) is 0.286. The van der Waals surface area contributed by atoms with Crippen molar-refractivity contribution in [3.05, 3.63) is 52.4 Å². The summed E-state index contributed by atoms with van der Waals surface area (Å²) in [6.45, 7) is 4.75. The van der Waals surface area contributed by atoms with Gasteiger partial charge in [-0.05, 0) is 36.6 Å². The van der Waals surface area contributed by atoms with E-state index in [1.54, 1.807) is 19.2 Å². The molecule has 3 heterocycles. The topological polar surface area (TPSA) is 118 Å². The van der Waals surface area contributed by atoms with E-state index in [0.717, 1.165) is 30.5 Å². The number of methoxy groups -OCH3 is 1. The number of carbonyl (C=O) groups excluding carboxylic acids is 1. The van der Waals surface area contributed by atoms with E-state index in [0.29, 0.717) is 28.2 Å². The van der Waals surface area contributed by atoms with Gasteiger partial charge >= 0.3 is 0 Å². The number of hydrogen-bond donors (Lipinski definition) is 3. The first-order valence-corrected chi connectivity index (χ1v) is 10.2. The molecule has 0 bridgehead atoms. The third-order valence-corrected chi connectivity index (χ3v) is 5.78. The van der Waals surface area contributed by atoms with Crippen LogP contribution in [0.4, 0.5) is 5.82 Å². The molecule has 0 radical (unpaired) electrons. The molecule has 1 amide bonds. The van der Waals surface area contributed by atoms with Gasteiger partial charge in [0.25, 0.3) is 11.5 Å². The molecule has 162 valence electrons. The number of nitrogens with two attached hydrogens (primary N) is 1. The highest BCUT2D eigenvalue weighted by atomic mass is 35.5. The maximum absolute atomic E-state index is 12.8. The first-order valence-electron chi connectivity index (χ1n) is 9.83. The molecule has 2 aromatic heterocycles. The SMILES string of the molecule is C=CC(=O)NN1CCC[C@@H](n2cc(-c3ccc(OC)c(Cl)c3)c3c(N)n[nH]c(=O)c32)C1. The quantitative estimate of drug-likeness (QED) is 0.522. The summed E-state index contributed by atoms with van der Waals surface area (Å²) in [5.41, 5.74) is 10.6. The van der Waals surface area contributed by atoms with Crippen LogP contribution in [0.5, 0.6) is 5.75 Å². The number of benzene rings is 1. The number of nitrogens with zero attached hydrogens (tertiary/aromatic N) is 3. The van der Waals surface area contributed by atoms with Gasteiger partial charge in [0.1, 0.15) is 11.3 Å². The van der Waals surface area contributed by atoms with E-state index in [2.05, 4.69) is 22.2 Å². The van der Waals surface area contributed by atoms with E-state index in [-0.39, 0.29) is 23.3 Å². The molecule has 1 aliphatic rings. The Morgan fingerprint density at radius 3 is 3.00 bits per heavy atom. The largest absolute Gasteiger partial charge is 0.495 e. The van der Waals surface area contributed by atoms with Gasteiger partial charge in [-0.15, -0.1) is 0 Å². The predicted octanol–water partition coefficient (Wildman–Crippen LogP) is 2.49. The monoisotopic (exact) mass is 442 g/mol. The molecular formula is C21H23ClN6O3. The second-order valence-corrected chi connectivity index (χ2v) is 7.79. The standard InChI is InChI=1S/C21H23ClN6O3/c1-3-17(29)26-27-8-4-5-13(10-27)28-11-14(12-6-7-16(31-2)15(22)9-12)18-19(28)21(30)25-24-20(18)23/h3,6-7,9,11,13H,1,4-5,8,10H2,2H3,(H2,23,24)(H,25,30)(H,26,29)/t13-/m1/s1. The molecule has 0 unspecified atom stereocenters. The summed E-state index contributed by atoms with van der Waals surface area (Å²) in [6, 6.07) is 5.36. The Kier molecular flexibility index (Phi) is 5.71. The van der Waals surface area contributed by atoms with Crippen LogP contribution in [0.1, 0.15) is 18.9 Å². The predicted molar refractivity (Wildman–Crippen MR) is 120 cm³/mol. The van der Waals surface area contributed by atoms with Gasteiger partial charge in [-0.3, -0.25) is 15.0 Å². The van der Waals surface area contributed by atoms with E-state index in [4.69, 9.17) is 22.1 Å². The highest BCUT2D eigenvalue weighted by Crippen LogP contribution is 2.38. The maximum atomic E-state index is 12.8. The number of amides is 1. The van der Waals surface area contributed by atoms with Gasteiger partial charge in [-0.25, -0.2) is 10.1 Å². The Hall–Kier alpha value is -3.30. The van der Waals surface area contributed by atoms with Crippen LogP contribution >= 0.6 is 11.6 Å². The molecule has 1 fully saturated rings. The van der Waals surface area contributed by atoms with Crippen molar-refractivity contribution in [2.45, 2.75) is 18.9 Å². The van der Waals surface area contributed by atoms with Crippen LogP contribution in [0.25, 0.3) is 22.0 Å². The Morgan fingerprint density at radius 1 is 1.48 bits per heavy atom. The van der Waals surface area contributed by atoms with Crippen molar-refractivity contribution >= 4 is 34.2 Å².